The van der Waals surface area contributed by atoms with Crippen molar-refractivity contribution in [1.29, 1.82) is 0 Å². The van der Waals surface area contributed by atoms with Gasteiger partial charge in [-0.15, -0.1) is 0 Å². The number of aromatic amines is 1. The standard InChI is InChI=1S/C10H10N4/c1-2-14-9-5-7-3-4-11-10(7)13-8(9)6-12-14/h3-6,12H,2H2,1H3. The van der Waals surface area contributed by atoms with E-state index in [1.165, 1.54) is 0 Å². The molecule has 14 heavy (non-hydrogen) atoms. The van der Waals surface area contributed by atoms with E-state index in [0.29, 0.717) is 0 Å². The van der Waals surface area contributed by atoms with E-state index in [0.717, 1.165) is 28.6 Å². The largest absolute Gasteiger partial charge is 0.303 e. The van der Waals surface area contributed by atoms with Crippen molar-refractivity contribution < 1.29 is 0 Å². The molecule has 0 bridgehead atoms. The van der Waals surface area contributed by atoms with Crippen molar-refractivity contribution in [3.05, 3.63) is 24.5 Å². The second kappa shape index (κ2) is 2.57. The van der Waals surface area contributed by atoms with Crippen molar-refractivity contribution in [1.82, 2.24) is 19.7 Å². The highest BCUT2D eigenvalue weighted by molar-refractivity contribution is 5.89. The fourth-order valence-corrected chi connectivity index (χ4v) is 1.73. The molecule has 0 atom stereocenters. The fraction of sp³-hybridized carbons (Fsp3) is 0.200. The van der Waals surface area contributed by atoms with Crippen molar-refractivity contribution in [3.8, 4) is 0 Å². The smallest absolute Gasteiger partial charge is 0.160 e. The van der Waals surface area contributed by atoms with Gasteiger partial charge in [0.05, 0.1) is 5.52 Å². The van der Waals surface area contributed by atoms with Crippen LogP contribution in [0.3, 0.4) is 0 Å². The van der Waals surface area contributed by atoms with Gasteiger partial charge in [0.1, 0.15) is 5.52 Å². The molecule has 3 aromatic rings. The van der Waals surface area contributed by atoms with Crippen LogP contribution in [0.2, 0.25) is 0 Å². The van der Waals surface area contributed by atoms with Crippen LogP contribution in [0, 0.1) is 0 Å². The van der Waals surface area contributed by atoms with Crippen molar-refractivity contribution in [3.63, 3.8) is 0 Å². The van der Waals surface area contributed by atoms with E-state index >= 15 is 0 Å². The van der Waals surface area contributed by atoms with Crippen LogP contribution in [0.4, 0.5) is 0 Å². The van der Waals surface area contributed by atoms with Crippen LogP contribution >= 0.6 is 0 Å². The minimum absolute atomic E-state index is 0.819. The van der Waals surface area contributed by atoms with Gasteiger partial charge in [0.2, 0.25) is 0 Å². The molecule has 0 saturated carbocycles. The lowest BCUT2D eigenvalue weighted by atomic mass is 10.3. The topological polar surface area (TPSA) is 46.5 Å². The first-order valence-corrected chi connectivity index (χ1v) is 4.68. The van der Waals surface area contributed by atoms with E-state index < -0.39 is 0 Å². The third kappa shape index (κ3) is 0.878. The number of nitrogens with one attached hydrogen (secondary N) is 1. The average Bonchev–Trinajstić information content (AvgIpc) is 2.78. The van der Waals surface area contributed by atoms with Gasteiger partial charge in [-0.3, -0.25) is 4.68 Å². The summed E-state index contributed by atoms with van der Waals surface area (Å²) < 4.78 is 2.06. The summed E-state index contributed by atoms with van der Waals surface area (Å²) in [6.45, 7) is 3.02. The molecule has 3 heterocycles. The number of aryl methyl sites for hydroxylation is 1. The summed E-state index contributed by atoms with van der Waals surface area (Å²) in [4.78, 5) is 8.61. The average molecular weight is 186 g/mol. The molecule has 0 saturated heterocycles. The van der Waals surface area contributed by atoms with E-state index in [2.05, 4.69) is 32.7 Å². The molecule has 0 aliphatic heterocycles. The Bertz CT molecular complexity index is 590. The van der Waals surface area contributed by atoms with Crippen LogP contribution in [0.25, 0.3) is 22.1 Å². The molecular weight excluding hydrogens is 176 g/mol. The Morgan fingerprint density at radius 3 is 3.29 bits per heavy atom. The zero-order valence-electron chi connectivity index (χ0n) is 7.86. The Morgan fingerprint density at radius 1 is 1.50 bits per heavy atom. The van der Waals surface area contributed by atoms with E-state index in [1.54, 1.807) is 6.20 Å². The Hall–Kier alpha value is -1.84. The van der Waals surface area contributed by atoms with Crippen molar-refractivity contribution >= 4 is 22.1 Å². The van der Waals surface area contributed by atoms with Gasteiger partial charge in [0, 0.05) is 24.3 Å². The lowest BCUT2D eigenvalue weighted by molar-refractivity contribution is 0.684. The summed E-state index contributed by atoms with van der Waals surface area (Å²) in [5.41, 5.74) is 2.92. The van der Waals surface area contributed by atoms with Crippen LogP contribution in [0.1, 0.15) is 6.92 Å². The fourth-order valence-electron chi connectivity index (χ4n) is 1.73. The van der Waals surface area contributed by atoms with Gasteiger partial charge < -0.3 is 5.10 Å². The van der Waals surface area contributed by atoms with E-state index in [4.69, 9.17) is 0 Å². The van der Waals surface area contributed by atoms with Crippen molar-refractivity contribution in [2.45, 2.75) is 13.5 Å². The highest BCUT2D eigenvalue weighted by Gasteiger charge is 2.04. The molecule has 4 heteroatoms. The molecule has 0 fully saturated rings. The highest BCUT2D eigenvalue weighted by Crippen LogP contribution is 2.17. The van der Waals surface area contributed by atoms with Crippen LogP contribution in [0.15, 0.2) is 24.5 Å². The Labute approximate surface area is 80.6 Å². The second-order valence-corrected chi connectivity index (χ2v) is 3.27. The number of hydrogen-bond acceptors (Lipinski definition) is 2. The number of H-pyrrole nitrogens is 1. The highest BCUT2D eigenvalue weighted by atomic mass is 15.3. The number of hydrogen-bond donors (Lipinski definition) is 1. The lowest BCUT2D eigenvalue weighted by Gasteiger charge is -1.98. The van der Waals surface area contributed by atoms with Crippen molar-refractivity contribution in [2.75, 3.05) is 0 Å². The maximum Gasteiger partial charge on any atom is 0.160 e. The van der Waals surface area contributed by atoms with Crippen molar-refractivity contribution in [2.24, 2.45) is 0 Å². The predicted octanol–water partition coefficient (Wildman–Crippen LogP) is 1.93. The maximum absolute atomic E-state index is 4.44. The monoisotopic (exact) mass is 186 g/mol. The van der Waals surface area contributed by atoms with Crippen LogP contribution < -0.4 is 0 Å². The quantitative estimate of drug-likeness (QED) is 0.631. The zero-order valence-corrected chi connectivity index (χ0v) is 7.86. The first kappa shape index (κ1) is 7.55. The molecule has 4 nitrogen and oxygen atoms in total. The van der Waals surface area contributed by atoms with Gasteiger partial charge in [0.15, 0.2) is 5.65 Å². The SMILES string of the molecule is CCn1[nH]cc2nc3nccc3cc21. The normalized spacial score (nSPS) is 11.5. The first-order chi connectivity index (χ1) is 6.88. The van der Waals surface area contributed by atoms with Crippen LogP contribution in [-0.2, 0) is 6.54 Å². The number of rotatable bonds is 1. The summed E-state index contributed by atoms with van der Waals surface area (Å²) in [7, 11) is 0. The molecule has 0 spiro atoms. The molecule has 1 N–H and O–H groups in total. The number of aromatic nitrogens is 4. The molecule has 3 aromatic heterocycles. The summed E-state index contributed by atoms with van der Waals surface area (Å²) in [5, 5.41) is 4.25. The van der Waals surface area contributed by atoms with Crippen LogP contribution in [-0.4, -0.2) is 19.7 Å². The molecule has 0 aliphatic rings. The Balaban J connectivity index is 2.47. The van der Waals surface area contributed by atoms with Gasteiger partial charge in [-0.1, -0.05) is 0 Å². The Morgan fingerprint density at radius 2 is 2.43 bits per heavy atom. The third-order valence-corrected chi connectivity index (χ3v) is 2.45. The minimum atomic E-state index is 0.819. The minimum Gasteiger partial charge on any atom is -0.303 e. The lowest BCUT2D eigenvalue weighted by Crippen LogP contribution is -1.95. The summed E-state index contributed by atoms with van der Waals surface area (Å²) in [6, 6.07) is 4.10. The van der Waals surface area contributed by atoms with E-state index in [9.17, 15) is 0 Å². The predicted molar refractivity (Wildman–Crippen MR) is 55.1 cm³/mol. The Kier molecular flexibility index (Phi) is 1.39. The van der Waals surface area contributed by atoms with E-state index in [1.807, 2.05) is 12.3 Å². The molecule has 3 rings (SSSR count). The number of pyridine rings is 1. The third-order valence-electron chi connectivity index (χ3n) is 2.45. The first-order valence-electron chi connectivity index (χ1n) is 4.68. The van der Waals surface area contributed by atoms with Crippen LogP contribution in [0.5, 0.6) is 0 Å². The molecule has 0 unspecified atom stereocenters. The molecule has 0 aliphatic carbocycles. The number of nitrogens with zero attached hydrogens (tertiary/aromatic N) is 3. The molecule has 0 amide bonds. The molecule has 0 radical (unpaired) electrons. The number of fused-ring (bicyclic) bond motifs is 2. The van der Waals surface area contributed by atoms with Gasteiger partial charge in [0.25, 0.3) is 0 Å². The second-order valence-electron chi connectivity index (χ2n) is 3.27. The zero-order chi connectivity index (χ0) is 9.54. The van der Waals surface area contributed by atoms with Gasteiger partial charge in [-0.25, -0.2) is 9.97 Å². The molecule has 0 aromatic carbocycles. The van der Waals surface area contributed by atoms with Gasteiger partial charge in [-0.2, -0.15) is 0 Å². The summed E-state index contributed by atoms with van der Waals surface area (Å²) in [5.74, 6) is 0. The van der Waals surface area contributed by atoms with Gasteiger partial charge in [-0.05, 0) is 19.1 Å². The van der Waals surface area contributed by atoms with Gasteiger partial charge >= 0.3 is 0 Å². The molecular formula is C10H10N4. The summed E-state index contributed by atoms with van der Waals surface area (Å²) >= 11 is 0. The maximum atomic E-state index is 4.44. The summed E-state index contributed by atoms with van der Waals surface area (Å²) in [6.07, 6.45) is 3.70. The van der Waals surface area contributed by atoms with E-state index in [-0.39, 0.29) is 0 Å². The molecule has 70 valence electrons.